The van der Waals surface area contributed by atoms with Crippen LogP contribution >= 0.6 is 0 Å². The Morgan fingerprint density at radius 2 is 0.810 bits per heavy atom. The number of esters is 1. The Morgan fingerprint density at radius 3 is 1.22 bits per heavy atom. The van der Waals surface area contributed by atoms with Crippen LogP contribution in [0.25, 0.3) is 0 Å². The molecule has 0 radical (unpaired) electrons. The fourth-order valence-corrected chi connectivity index (χ4v) is 8.55. The van der Waals surface area contributed by atoms with Crippen molar-refractivity contribution in [1.29, 1.82) is 0 Å². The second-order valence-corrected chi connectivity index (χ2v) is 19.1. The van der Waals surface area contributed by atoms with Crippen LogP contribution in [0.2, 0.25) is 0 Å². The summed E-state index contributed by atoms with van der Waals surface area (Å²) in [5.74, 6) is -0.493. The lowest BCUT2D eigenvalue weighted by molar-refractivity contribution is -0.151. The molecular weight excluding hydrogens is 779 g/mol. The maximum absolute atomic E-state index is 13.2. The Kier molecular flexibility index (Phi) is 49.5. The molecule has 1 amide bonds. The molecule has 0 aromatic heterocycles. The van der Waals surface area contributed by atoms with Gasteiger partial charge in [0, 0.05) is 6.42 Å². The van der Waals surface area contributed by atoms with Crippen LogP contribution in [0.15, 0.2) is 36.5 Å². The SMILES string of the molecule is CCCCCCC/C=C/C=C/C=C/CCCCCC(CC(=O)NC(CO)C(O)CCCCCCCCCCCCCCCC)OC(=O)CCCCCCCCCCCCCCCC. The smallest absolute Gasteiger partial charge is 0.306 e. The largest absolute Gasteiger partial charge is 0.462 e. The molecule has 3 unspecified atom stereocenters. The number of carbonyl (C=O) groups is 2. The van der Waals surface area contributed by atoms with Gasteiger partial charge in [0.2, 0.25) is 5.91 Å². The summed E-state index contributed by atoms with van der Waals surface area (Å²) in [7, 11) is 0. The molecule has 0 rings (SSSR count). The van der Waals surface area contributed by atoms with E-state index in [4.69, 9.17) is 4.74 Å². The van der Waals surface area contributed by atoms with Crippen molar-refractivity contribution in [1.82, 2.24) is 5.32 Å². The van der Waals surface area contributed by atoms with Crippen LogP contribution in [-0.4, -0.2) is 46.9 Å². The lowest BCUT2D eigenvalue weighted by Gasteiger charge is -2.24. The van der Waals surface area contributed by atoms with E-state index >= 15 is 0 Å². The molecule has 0 fully saturated rings. The van der Waals surface area contributed by atoms with Crippen molar-refractivity contribution in [2.24, 2.45) is 0 Å². The number of unbranched alkanes of at least 4 members (excludes halogenated alkanes) is 34. The van der Waals surface area contributed by atoms with E-state index in [2.05, 4.69) is 62.5 Å². The van der Waals surface area contributed by atoms with Crippen molar-refractivity contribution in [3.8, 4) is 0 Å². The Hall–Kier alpha value is -1.92. The topological polar surface area (TPSA) is 95.9 Å². The third-order valence-electron chi connectivity index (χ3n) is 12.8. The van der Waals surface area contributed by atoms with Gasteiger partial charge in [0.25, 0.3) is 0 Å². The van der Waals surface area contributed by atoms with Gasteiger partial charge in [0.1, 0.15) is 6.10 Å². The lowest BCUT2D eigenvalue weighted by Crippen LogP contribution is -2.46. The second kappa shape index (κ2) is 51.1. The van der Waals surface area contributed by atoms with E-state index in [-0.39, 0.29) is 24.9 Å². The minimum Gasteiger partial charge on any atom is -0.462 e. The van der Waals surface area contributed by atoms with Gasteiger partial charge in [-0.05, 0) is 51.4 Å². The summed E-state index contributed by atoms with van der Waals surface area (Å²) in [5.41, 5.74) is 0. The summed E-state index contributed by atoms with van der Waals surface area (Å²) >= 11 is 0. The highest BCUT2D eigenvalue weighted by molar-refractivity contribution is 5.77. The van der Waals surface area contributed by atoms with Gasteiger partial charge in [0.15, 0.2) is 0 Å². The molecule has 0 saturated heterocycles. The molecule has 0 aromatic rings. The molecule has 0 bridgehead atoms. The monoisotopic (exact) mass is 886 g/mol. The first-order valence-corrected chi connectivity index (χ1v) is 27.7. The first-order valence-electron chi connectivity index (χ1n) is 27.7. The molecule has 0 heterocycles. The predicted octanol–water partition coefficient (Wildman–Crippen LogP) is 16.8. The Bertz CT molecular complexity index is 1040. The normalized spacial score (nSPS) is 13.4. The van der Waals surface area contributed by atoms with Crippen LogP contribution in [0.4, 0.5) is 0 Å². The number of amides is 1. The van der Waals surface area contributed by atoms with Gasteiger partial charge >= 0.3 is 5.97 Å². The van der Waals surface area contributed by atoms with Gasteiger partial charge in [-0.1, -0.05) is 263 Å². The average Bonchev–Trinajstić information content (AvgIpc) is 3.28. The molecule has 3 N–H and O–H groups in total. The first kappa shape index (κ1) is 61.1. The quantitative estimate of drug-likeness (QED) is 0.0321. The van der Waals surface area contributed by atoms with Crippen molar-refractivity contribution in [2.75, 3.05) is 6.61 Å². The zero-order valence-electron chi connectivity index (χ0n) is 42.2. The number of rotatable bonds is 50. The van der Waals surface area contributed by atoms with Gasteiger partial charge in [0.05, 0.1) is 25.2 Å². The summed E-state index contributed by atoms with van der Waals surface area (Å²) < 4.78 is 5.94. The van der Waals surface area contributed by atoms with Gasteiger partial charge in [-0.3, -0.25) is 9.59 Å². The van der Waals surface area contributed by atoms with E-state index in [0.29, 0.717) is 19.3 Å². The van der Waals surface area contributed by atoms with Crippen LogP contribution < -0.4 is 5.32 Å². The maximum atomic E-state index is 13.2. The van der Waals surface area contributed by atoms with Crippen molar-refractivity contribution < 1.29 is 24.5 Å². The van der Waals surface area contributed by atoms with Crippen molar-refractivity contribution in [3.63, 3.8) is 0 Å². The van der Waals surface area contributed by atoms with Crippen LogP contribution in [0.3, 0.4) is 0 Å². The number of carbonyl (C=O) groups excluding carboxylic acids is 2. The molecule has 0 saturated carbocycles. The standard InChI is InChI=1S/C57H107NO5/c1-4-7-10-13-16-19-22-25-28-29-30-33-36-39-42-45-48-53(63-57(62)50-47-44-41-38-35-32-27-24-21-18-15-12-9-6-3)51-56(61)58-54(52-59)55(60)49-46-43-40-37-34-31-26-23-20-17-14-11-8-5-2/h22,25,28-30,33,53-55,59-60H,4-21,23-24,26-27,31-32,34-52H2,1-3H3,(H,58,61)/b25-22+,29-28+,33-30+. The summed E-state index contributed by atoms with van der Waals surface area (Å²) in [6.07, 6.45) is 60.6. The zero-order valence-corrected chi connectivity index (χ0v) is 42.2. The number of nitrogens with one attached hydrogen (secondary N) is 1. The Labute approximate surface area is 392 Å². The fraction of sp³-hybridized carbons (Fsp3) is 0.860. The summed E-state index contributed by atoms with van der Waals surface area (Å²) in [4.78, 5) is 26.2. The van der Waals surface area contributed by atoms with E-state index in [1.54, 1.807) is 0 Å². The highest BCUT2D eigenvalue weighted by Crippen LogP contribution is 2.18. The predicted molar refractivity (Wildman–Crippen MR) is 273 cm³/mol. The summed E-state index contributed by atoms with van der Waals surface area (Å²) in [5, 5.41) is 23.8. The van der Waals surface area contributed by atoms with Crippen LogP contribution in [0, 0.1) is 0 Å². The number of ether oxygens (including phenoxy) is 1. The molecule has 0 aromatic carbocycles. The molecular formula is C57H107NO5. The third kappa shape index (κ3) is 46.4. The van der Waals surface area contributed by atoms with Gasteiger partial charge in [-0.25, -0.2) is 0 Å². The highest BCUT2D eigenvalue weighted by Gasteiger charge is 2.24. The minimum atomic E-state index is -0.795. The van der Waals surface area contributed by atoms with Crippen molar-refractivity contribution in [3.05, 3.63) is 36.5 Å². The van der Waals surface area contributed by atoms with Crippen LogP contribution in [0.1, 0.15) is 290 Å². The molecule has 0 aliphatic rings. The molecule has 63 heavy (non-hydrogen) atoms. The van der Waals surface area contributed by atoms with E-state index in [1.807, 2.05) is 0 Å². The molecule has 6 nitrogen and oxygen atoms in total. The molecule has 0 aliphatic heterocycles. The number of hydrogen-bond acceptors (Lipinski definition) is 5. The maximum Gasteiger partial charge on any atom is 0.306 e. The minimum absolute atomic E-state index is 0.0590. The van der Waals surface area contributed by atoms with E-state index in [1.165, 1.54) is 173 Å². The van der Waals surface area contributed by atoms with Crippen LogP contribution in [-0.2, 0) is 14.3 Å². The summed E-state index contributed by atoms with van der Waals surface area (Å²) in [6.45, 7) is 6.48. The Morgan fingerprint density at radius 1 is 0.460 bits per heavy atom. The third-order valence-corrected chi connectivity index (χ3v) is 12.8. The average molecular weight is 886 g/mol. The fourth-order valence-electron chi connectivity index (χ4n) is 8.55. The Balaban J connectivity index is 4.61. The molecule has 0 spiro atoms. The number of aliphatic hydroxyl groups is 2. The van der Waals surface area contributed by atoms with Crippen molar-refractivity contribution >= 4 is 11.9 Å². The zero-order chi connectivity index (χ0) is 45.9. The number of allylic oxidation sites excluding steroid dienone is 6. The molecule has 3 atom stereocenters. The highest BCUT2D eigenvalue weighted by atomic mass is 16.5. The van der Waals surface area contributed by atoms with Gasteiger partial charge in [-0.2, -0.15) is 0 Å². The van der Waals surface area contributed by atoms with E-state index < -0.39 is 18.2 Å². The molecule has 0 aliphatic carbocycles. The van der Waals surface area contributed by atoms with Gasteiger partial charge in [-0.15, -0.1) is 0 Å². The molecule has 6 heteroatoms. The molecule has 370 valence electrons. The summed E-state index contributed by atoms with van der Waals surface area (Å²) in [6, 6.07) is -0.710. The van der Waals surface area contributed by atoms with Gasteiger partial charge < -0.3 is 20.3 Å². The number of hydrogen-bond donors (Lipinski definition) is 3. The van der Waals surface area contributed by atoms with E-state index in [9.17, 15) is 19.8 Å². The van der Waals surface area contributed by atoms with E-state index in [0.717, 1.165) is 70.6 Å². The lowest BCUT2D eigenvalue weighted by atomic mass is 10.0. The van der Waals surface area contributed by atoms with Crippen molar-refractivity contribution in [2.45, 2.75) is 309 Å². The first-order chi connectivity index (χ1) is 31.0. The van der Waals surface area contributed by atoms with Crippen LogP contribution in [0.5, 0.6) is 0 Å². The number of aliphatic hydroxyl groups excluding tert-OH is 2. The second-order valence-electron chi connectivity index (χ2n) is 19.1.